The van der Waals surface area contributed by atoms with Gasteiger partial charge in [-0.25, -0.2) is 4.79 Å². The highest BCUT2D eigenvalue weighted by molar-refractivity contribution is 5.87. The van der Waals surface area contributed by atoms with Crippen LogP contribution in [0.5, 0.6) is 0 Å². The molecule has 0 aromatic carbocycles. The first-order valence-electron chi connectivity index (χ1n) is 3.89. The molecule has 0 aromatic rings. The number of carbonyl (C=O) groups excluding carboxylic acids is 1. The van der Waals surface area contributed by atoms with Gasteiger partial charge in [0.25, 0.3) is 0 Å². The molecule has 3 heteroatoms. The Morgan fingerprint density at radius 2 is 2.25 bits per heavy atom. The third kappa shape index (κ3) is 4.55. The van der Waals surface area contributed by atoms with E-state index in [2.05, 4.69) is 4.74 Å². The van der Waals surface area contributed by atoms with Crippen LogP contribution in [0.3, 0.4) is 0 Å². The fourth-order valence-electron chi connectivity index (χ4n) is 0.490. The van der Waals surface area contributed by atoms with Crippen molar-refractivity contribution in [3.8, 4) is 0 Å². The van der Waals surface area contributed by atoms with E-state index < -0.39 is 5.97 Å². The van der Waals surface area contributed by atoms with Gasteiger partial charge >= 0.3 is 5.97 Å². The molecule has 0 heterocycles. The van der Waals surface area contributed by atoms with E-state index in [1.165, 1.54) is 13.2 Å². The maximum Gasteiger partial charge on any atom is 0.341 e. The van der Waals surface area contributed by atoms with E-state index in [0.29, 0.717) is 0 Å². The molecule has 0 aliphatic heterocycles. The second kappa shape index (κ2) is 6.46. The van der Waals surface area contributed by atoms with Gasteiger partial charge in [-0.15, -0.1) is 0 Å². The quantitative estimate of drug-likeness (QED) is 0.400. The Bertz CT molecular complexity index is 192. The minimum absolute atomic E-state index is 0.191. The van der Waals surface area contributed by atoms with Gasteiger partial charge in [0.15, 0.2) is 0 Å². The SMILES string of the molecule is CCCC=COC(=O)C(C)=CO. The monoisotopic (exact) mass is 170 g/mol. The minimum atomic E-state index is -0.523. The Labute approximate surface area is 72.3 Å². The van der Waals surface area contributed by atoms with E-state index in [-0.39, 0.29) is 5.57 Å². The zero-order valence-electron chi connectivity index (χ0n) is 7.41. The number of ether oxygens (including phenoxy) is 1. The molecule has 0 bridgehead atoms. The van der Waals surface area contributed by atoms with Crippen molar-refractivity contribution >= 4 is 5.97 Å². The van der Waals surface area contributed by atoms with Gasteiger partial charge in [-0.05, 0) is 19.4 Å². The lowest BCUT2D eigenvalue weighted by atomic mass is 10.3. The first-order chi connectivity index (χ1) is 5.72. The molecule has 1 N–H and O–H groups in total. The summed E-state index contributed by atoms with van der Waals surface area (Å²) < 4.78 is 4.65. The van der Waals surface area contributed by atoms with Gasteiger partial charge in [0.2, 0.25) is 0 Å². The van der Waals surface area contributed by atoms with Gasteiger partial charge in [0.05, 0.1) is 18.1 Å². The molecule has 68 valence electrons. The van der Waals surface area contributed by atoms with Gasteiger partial charge in [-0.3, -0.25) is 0 Å². The Balaban J connectivity index is 3.71. The van der Waals surface area contributed by atoms with Crippen LogP contribution in [0.1, 0.15) is 26.7 Å². The van der Waals surface area contributed by atoms with Crippen molar-refractivity contribution in [1.82, 2.24) is 0 Å². The van der Waals surface area contributed by atoms with Crippen molar-refractivity contribution in [2.45, 2.75) is 26.7 Å². The second-order valence-electron chi connectivity index (χ2n) is 2.38. The standard InChI is InChI=1S/C9H14O3/c1-3-4-5-6-12-9(11)8(2)7-10/h5-7,10H,3-4H2,1-2H3. The largest absolute Gasteiger partial charge is 0.515 e. The third-order valence-corrected chi connectivity index (χ3v) is 1.24. The Morgan fingerprint density at radius 3 is 2.75 bits per heavy atom. The summed E-state index contributed by atoms with van der Waals surface area (Å²) in [5, 5.41) is 8.42. The number of unbranched alkanes of at least 4 members (excludes halogenated alkanes) is 1. The van der Waals surface area contributed by atoms with E-state index in [1.807, 2.05) is 6.92 Å². The number of allylic oxidation sites excluding steroid dienone is 1. The number of rotatable bonds is 4. The van der Waals surface area contributed by atoms with Gasteiger partial charge in [0, 0.05) is 0 Å². The summed E-state index contributed by atoms with van der Waals surface area (Å²) in [6.07, 6.45) is 5.75. The van der Waals surface area contributed by atoms with E-state index in [4.69, 9.17) is 5.11 Å². The van der Waals surface area contributed by atoms with Gasteiger partial charge in [-0.2, -0.15) is 0 Å². The Kier molecular flexibility index (Phi) is 5.79. The van der Waals surface area contributed by atoms with Crippen LogP contribution in [0.25, 0.3) is 0 Å². The number of aliphatic hydroxyl groups is 1. The zero-order valence-corrected chi connectivity index (χ0v) is 7.41. The molecule has 0 atom stereocenters. The van der Waals surface area contributed by atoms with Crippen LogP contribution in [-0.2, 0) is 9.53 Å². The summed E-state index contributed by atoms with van der Waals surface area (Å²) in [6.45, 7) is 3.51. The smallest absolute Gasteiger partial charge is 0.341 e. The number of hydrogen-bond acceptors (Lipinski definition) is 3. The molecule has 0 saturated carbocycles. The van der Waals surface area contributed by atoms with Crippen LogP contribution in [-0.4, -0.2) is 11.1 Å². The van der Waals surface area contributed by atoms with Crippen molar-refractivity contribution in [1.29, 1.82) is 0 Å². The average molecular weight is 170 g/mol. The molecule has 0 spiro atoms. The molecule has 0 rings (SSSR count). The van der Waals surface area contributed by atoms with E-state index in [1.54, 1.807) is 6.08 Å². The molecule has 0 radical (unpaired) electrons. The van der Waals surface area contributed by atoms with Crippen molar-refractivity contribution in [3.05, 3.63) is 24.2 Å². The molecule has 0 aliphatic carbocycles. The molecule has 0 aliphatic rings. The molecule has 0 aromatic heterocycles. The fraction of sp³-hybridized carbons (Fsp3) is 0.444. The highest BCUT2D eigenvalue weighted by Gasteiger charge is 2.01. The summed E-state index contributed by atoms with van der Waals surface area (Å²) in [4.78, 5) is 10.8. The predicted molar refractivity (Wildman–Crippen MR) is 46.5 cm³/mol. The van der Waals surface area contributed by atoms with Crippen LogP contribution < -0.4 is 0 Å². The summed E-state index contributed by atoms with van der Waals surface area (Å²) in [5.41, 5.74) is 0.191. The first kappa shape index (κ1) is 10.8. The van der Waals surface area contributed by atoms with Gasteiger partial charge < -0.3 is 9.84 Å². The van der Waals surface area contributed by atoms with Crippen molar-refractivity contribution in [2.75, 3.05) is 0 Å². The molecular formula is C9H14O3. The Morgan fingerprint density at radius 1 is 1.58 bits per heavy atom. The normalized spacial score (nSPS) is 12.0. The molecule has 0 amide bonds. The lowest BCUT2D eigenvalue weighted by molar-refractivity contribution is -0.133. The number of hydrogen-bond donors (Lipinski definition) is 1. The van der Waals surface area contributed by atoms with Crippen molar-refractivity contribution in [2.24, 2.45) is 0 Å². The fourth-order valence-corrected chi connectivity index (χ4v) is 0.490. The van der Waals surface area contributed by atoms with Crippen molar-refractivity contribution in [3.63, 3.8) is 0 Å². The molecule has 0 saturated heterocycles. The van der Waals surface area contributed by atoms with Crippen LogP contribution in [0.4, 0.5) is 0 Å². The molecule has 0 unspecified atom stereocenters. The highest BCUT2D eigenvalue weighted by Crippen LogP contribution is 1.96. The molecule has 3 nitrogen and oxygen atoms in total. The lowest BCUT2D eigenvalue weighted by Gasteiger charge is -1.95. The van der Waals surface area contributed by atoms with Gasteiger partial charge in [-0.1, -0.05) is 13.3 Å². The van der Waals surface area contributed by atoms with Crippen LogP contribution in [0.2, 0.25) is 0 Å². The third-order valence-electron chi connectivity index (χ3n) is 1.24. The molecule has 0 fully saturated rings. The summed E-state index contributed by atoms with van der Waals surface area (Å²) >= 11 is 0. The lowest BCUT2D eigenvalue weighted by Crippen LogP contribution is -2.00. The summed E-state index contributed by atoms with van der Waals surface area (Å²) in [6, 6.07) is 0. The molecular weight excluding hydrogens is 156 g/mol. The predicted octanol–water partition coefficient (Wildman–Crippen LogP) is 2.31. The molecule has 12 heavy (non-hydrogen) atoms. The maximum absolute atomic E-state index is 10.8. The summed E-state index contributed by atoms with van der Waals surface area (Å²) in [7, 11) is 0. The van der Waals surface area contributed by atoms with E-state index in [9.17, 15) is 4.79 Å². The number of carbonyl (C=O) groups is 1. The van der Waals surface area contributed by atoms with Gasteiger partial charge in [0.1, 0.15) is 0 Å². The van der Waals surface area contributed by atoms with E-state index >= 15 is 0 Å². The van der Waals surface area contributed by atoms with Crippen molar-refractivity contribution < 1.29 is 14.6 Å². The topological polar surface area (TPSA) is 46.5 Å². The van der Waals surface area contributed by atoms with Crippen LogP contribution >= 0.6 is 0 Å². The maximum atomic E-state index is 10.8. The van der Waals surface area contributed by atoms with Crippen LogP contribution in [0.15, 0.2) is 24.2 Å². The number of aliphatic hydroxyl groups excluding tert-OH is 1. The van der Waals surface area contributed by atoms with Crippen LogP contribution in [0, 0.1) is 0 Å². The Hall–Kier alpha value is -1.25. The average Bonchev–Trinajstić information content (AvgIpc) is 2.10. The minimum Gasteiger partial charge on any atom is -0.515 e. The second-order valence-corrected chi connectivity index (χ2v) is 2.38. The van der Waals surface area contributed by atoms with E-state index in [0.717, 1.165) is 19.1 Å². The zero-order chi connectivity index (χ0) is 9.40. The summed E-state index contributed by atoms with van der Waals surface area (Å²) in [5.74, 6) is -0.523. The first-order valence-corrected chi connectivity index (χ1v) is 3.89. The highest BCUT2D eigenvalue weighted by atomic mass is 16.5. The number of esters is 1.